The molecule has 5 heteroatoms. The summed E-state index contributed by atoms with van der Waals surface area (Å²) in [6, 6.07) is 14.1. The van der Waals surface area contributed by atoms with Crippen molar-refractivity contribution in [1.29, 1.82) is 0 Å². The third-order valence-corrected chi connectivity index (χ3v) is 5.05. The summed E-state index contributed by atoms with van der Waals surface area (Å²) in [6.45, 7) is 4.12. The van der Waals surface area contributed by atoms with E-state index in [9.17, 15) is 4.79 Å². The third-order valence-electron chi connectivity index (χ3n) is 5.05. The Hall–Kier alpha value is -2.69. The van der Waals surface area contributed by atoms with Gasteiger partial charge in [0.2, 0.25) is 0 Å². The molecule has 1 fully saturated rings. The number of piperazine rings is 1. The molecule has 0 atom stereocenters. The lowest BCUT2D eigenvalue weighted by molar-refractivity contribution is 0.0746. The van der Waals surface area contributed by atoms with E-state index in [-0.39, 0.29) is 5.91 Å². The Morgan fingerprint density at radius 1 is 1.08 bits per heavy atom. The molecule has 0 saturated carbocycles. The van der Waals surface area contributed by atoms with Crippen LogP contribution in [0.2, 0.25) is 0 Å². The van der Waals surface area contributed by atoms with Crippen LogP contribution in [0.25, 0.3) is 0 Å². The zero-order chi connectivity index (χ0) is 17.2. The van der Waals surface area contributed by atoms with Crippen molar-refractivity contribution in [2.45, 2.75) is 6.42 Å². The maximum absolute atomic E-state index is 12.8. The number of hydrogen-bond donors (Lipinski definition) is 1. The maximum atomic E-state index is 12.8. The fourth-order valence-corrected chi connectivity index (χ4v) is 3.60. The first-order valence-corrected chi connectivity index (χ1v) is 8.80. The van der Waals surface area contributed by atoms with Crippen LogP contribution in [-0.2, 0) is 6.42 Å². The smallest absolute Gasteiger partial charge is 0.253 e. The SMILES string of the molecule is COc1cccc(N2CCN(C(=O)c3ccc4c(c3)CCN4)CC2)c1. The van der Waals surface area contributed by atoms with Crippen LogP contribution < -0.4 is 15.0 Å². The van der Waals surface area contributed by atoms with Crippen LogP contribution in [0.1, 0.15) is 15.9 Å². The monoisotopic (exact) mass is 337 g/mol. The number of methoxy groups -OCH3 is 1. The van der Waals surface area contributed by atoms with Crippen molar-refractivity contribution in [3.05, 3.63) is 53.6 Å². The number of nitrogens with one attached hydrogen (secondary N) is 1. The molecule has 2 heterocycles. The van der Waals surface area contributed by atoms with Gasteiger partial charge in [-0.25, -0.2) is 0 Å². The molecule has 2 aromatic carbocycles. The second-order valence-corrected chi connectivity index (χ2v) is 6.53. The number of carbonyl (C=O) groups is 1. The highest BCUT2D eigenvalue weighted by Crippen LogP contribution is 2.25. The largest absolute Gasteiger partial charge is 0.497 e. The van der Waals surface area contributed by atoms with Crippen molar-refractivity contribution in [2.75, 3.05) is 50.1 Å². The minimum Gasteiger partial charge on any atom is -0.497 e. The van der Waals surface area contributed by atoms with E-state index in [0.29, 0.717) is 0 Å². The molecule has 130 valence electrons. The number of anilines is 2. The first-order chi connectivity index (χ1) is 12.2. The van der Waals surface area contributed by atoms with E-state index in [1.807, 2.05) is 41.3 Å². The van der Waals surface area contributed by atoms with E-state index in [4.69, 9.17) is 4.74 Å². The average Bonchev–Trinajstić information content (AvgIpc) is 3.15. The van der Waals surface area contributed by atoms with E-state index < -0.39 is 0 Å². The quantitative estimate of drug-likeness (QED) is 0.935. The summed E-state index contributed by atoms with van der Waals surface area (Å²) in [5.74, 6) is 1.00. The third kappa shape index (κ3) is 3.14. The van der Waals surface area contributed by atoms with Gasteiger partial charge in [-0.3, -0.25) is 4.79 Å². The molecule has 1 amide bonds. The molecule has 2 aliphatic heterocycles. The summed E-state index contributed by atoms with van der Waals surface area (Å²) in [5.41, 5.74) is 4.37. The van der Waals surface area contributed by atoms with Crippen molar-refractivity contribution >= 4 is 17.3 Å². The van der Waals surface area contributed by atoms with Crippen LogP contribution in [0.4, 0.5) is 11.4 Å². The zero-order valence-electron chi connectivity index (χ0n) is 14.5. The van der Waals surface area contributed by atoms with Gasteiger partial charge in [0, 0.05) is 55.7 Å². The van der Waals surface area contributed by atoms with Crippen LogP contribution in [0.15, 0.2) is 42.5 Å². The normalized spacial score (nSPS) is 16.4. The van der Waals surface area contributed by atoms with Gasteiger partial charge in [-0.2, -0.15) is 0 Å². The topological polar surface area (TPSA) is 44.8 Å². The summed E-state index contributed by atoms with van der Waals surface area (Å²) < 4.78 is 5.30. The molecule has 2 aliphatic rings. The molecule has 0 bridgehead atoms. The fraction of sp³-hybridized carbons (Fsp3) is 0.350. The lowest BCUT2D eigenvalue weighted by Gasteiger charge is -2.36. The van der Waals surface area contributed by atoms with Crippen molar-refractivity contribution in [3.8, 4) is 5.75 Å². The van der Waals surface area contributed by atoms with Gasteiger partial charge in [0.15, 0.2) is 0 Å². The molecular weight excluding hydrogens is 314 g/mol. The van der Waals surface area contributed by atoms with Gasteiger partial charge in [0.25, 0.3) is 5.91 Å². The minimum absolute atomic E-state index is 0.139. The Bertz CT molecular complexity index is 782. The lowest BCUT2D eigenvalue weighted by atomic mass is 10.1. The second kappa shape index (κ2) is 6.67. The molecule has 1 N–H and O–H groups in total. The predicted octanol–water partition coefficient (Wildman–Crippen LogP) is 2.63. The first kappa shape index (κ1) is 15.8. The molecule has 0 aromatic heterocycles. The molecule has 0 spiro atoms. The number of rotatable bonds is 3. The van der Waals surface area contributed by atoms with E-state index >= 15 is 0 Å². The highest BCUT2D eigenvalue weighted by molar-refractivity contribution is 5.95. The number of nitrogens with zero attached hydrogens (tertiary/aromatic N) is 2. The Balaban J connectivity index is 1.42. The maximum Gasteiger partial charge on any atom is 0.253 e. The molecule has 0 unspecified atom stereocenters. The number of benzene rings is 2. The summed E-state index contributed by atoms with van der Waals surface area (Å²) in [5, 5.41) is 3.34. The first-order valence-electron chi connectivity index (χ1n) is 8.80. The Morgan fingerprint density at radius 3 is 2.72 bits per heavy atom. The summed E-state index contributed by atoms with van der Waals surface area (Å²) in [6.07, 6.45) is 1.00. The summed E-state index contributed by atoms with van der Waals surface area (Å²) in [4.78, 5) is 17.1. The Labute approximate surface area is 148 Å². The van der Waals surface area contributed by atoms with Gasteiger partial charge >= 0.3 is 0 Å². The number of fused-ring (bicyclic) bond motifs is 1. The van der Waals surface area contributed by atoms with E-state index in [2.05, 4.69) is 16.3 Å². The van der Waals surface area contributed by atoms with Gasteiger partial charge in [-0.05, 0) is 42.3 Å². The zero-order valence-corrected chi connectivity index (χ0v) is 14.5. The molecular formula is C20H23N3O2. The highest BCUT2D eigenvalue weighted by atomic mass is 16.5. The van der Waals surface area contributed by atoms with Crippen molar-refractivity contribution < 1.29 is 9.53 Å². The van der Waals surface area contributed by atoms with Crippen LogP contribution in [0.3, 0.4) is 0 Å². The molecule has 0 aliphatic carbocycles. The highest BCUT2D eigenvalue weighted by Gasteiger charge is 2.23. The van der Waals surface area contributed by atoms with E-state index in [1.165, 1.54) is 11.3 Å². The summed E-state index contributed by atoms with van der Waals surface area (Å²) in [7, 11) is 1.68. The van der Waals surface area contributed by atoms with Crippen molar-refractivity contribution in [3.63, 3.8) is 0 Å². The molecule has 0 radical (unpaired) electrons. The number of hydrogen-bond acceptors (Lipinski definition) is 4. The Morgan fingerprint density at radius 2 is 1.92 bits per heavy atom. The summed E-state index contributed by atoms with van der Waals surface area (Å²) >= 11 is 0. The lowest BCUT2D eigenvalue weighted by Crippen LogP contribution is -2.48. The number of carbonyl (C=O) groups excluding carboxylic acids is 1. The number of ether oxygens (including phenoxy) is 1. The van der Waals surface area contributed by atoms with Gasteiger partial charge in [-0.15, -0.1) is 0 Å². The molecule has 5 nitrogen and oxygen atoms in total. The molecule has 1 saturated heterocycles. The van der Waals surface area contributed by atoms with E-state index in [1.54, 1.807) is 7.11 Å². The van der Waals surface area contributed by atoms with Crippen LogP contribution >= 0.6 is 0 Å². The second-order valence-electron chi connectivity index (χ2n) is 6.53. The van der Waals surface area contributed by atoms with Crippen LogP contribution in [0, 0.1) is 0 Å². The Kier molecular flexibility index (Phi) is 4.22. The van der Waals surface area contributed by atoms with Crippen LogP contribution in [-0.4, -0.2) is 50.6 Å². The fourth-order valence-electron chi connectivity index (χ4n) is 3.60. The van der Waals surface area contributed by atoms with Crippen LogP contribution in [0.5, 0.6) is 5.75 Å². The van der Waals surface area contributed by atoms with Crippen molar-refractivity contribution in [2.24, 2.45) is 0 Å². The molecule has 2 aromatic rings. The van der Waals surface area contributed by atoms with Gasteiger partial charge < -0.3 is 19.9 Å². The average molecular weight is 337 g/mol. The van der Waals surface area contributed by atoms with Crippen molar-refractivity contribution in [1.82, 2.24) is 4.90 Å². The standard InChI is InChI=1S/C20H23N3O2/c1-25-18-4-2-3-17(14-18)22-9-11-23(12-10-22)20(24)16-5-6-19-15(13-16)7-8-21-19/h2-6,13-14,21H,7-12H2,1H3. The molecule has 25 heavy (non-hydrogen) atoms. The van der Waals surface area contributed by atoms with E-state index in [0.717, 1.165) is 56.1 Å². The minimum atomic E-state index is 0.139. The predicted molar refractivity (Wildman–Crippen MR) is 99.7 cm³/mol. The number of amides is 1. The van der Waals surface area contributed by atoms with Gasteiger partial charge in [-0.1, -0.05) is 6.07 Å². The van der Waals surface area contributed by atoms with Gasteiger partial charge in [0.1, 0.15) is 5.75 Å². The van der Waals surface area contributed by atoms with Gasteiger partial charge in [0.05, 0.1) is 7.11 Å². The molecule has 4 rings (SSSR count).